The van der Waals surface area contributed by atoms with E-state index in [1.165, 1.54) is 18.5 Å². The summed E-state index contributed by atoms with van der Waals surface area (Å²) in [6.45, 7) is 0.529. The van der Waals surface area contributed by atoms with Gasteiger partial charge in [0.1, 0.15) is 17.2 Å². The van der Waals surface area contributed by atoms with Crippen molar-refractivity contribution < 1.29 is 23.1 Å². The lowest BCUT2D eigenvalue weighted by atomic mass is 9.87. The number of nitrogens with two attached hydrogens (primary N) is 2. The van der Waals surface area contributed by atoms with Gasteiger partial charge in [-0.2, -0.15) is 13.2 Å². The highest BCUT2D eigenvalue weighted by atomic mass is 35.5. The van der Waals surface area contributed by atoms with Gasteiger partial charge in [0.15, 0.2) is 5.82 Å². The lowest BCUT2D eigenvalue weighted by Gasteiger charge is -2.39. The largest absolute Gasteiger partial charge is 0.416 e. The number of rotatable bonds is 6. The Kier molecular flexibility index (Phi) is 7.11. The van der Waals surface area contributed by atoms with Crippen LogP contribution in [0.5, 0.6) is 0 Å². The van der Waals surface area contributed by atoms with Crippen molar-refractivity contribution in [2.24, 2.45) is 5.73 Å². The molecular weight excluding hydrogens is 449 g/mol. The summed E-state index contributed by atoms with van der Waals surface area (Å²) in [6, 6.07) is 3.79. The van der Waals surface area contributed by atoms with Crippen molar-refractivity contribution in [3.05, 3.63) is 46.7 Å². The number of anilines is 2. The zero-order chi connectivity index (χ0) is 23.5. The summed E-state index contributed by atoms with van der Waals surface area (Å²) in [5.74, 6) is 0.177. The quantitative estimate of drug-likeness (QED) is 0.507. The van der Waals surface area contributed by atoms with Crippen molar-refractivity contribution in [1.29, 1.82) is 0 Å². The van der Waals surface area contributed by atoms with Gasteiger partial charge in [-0.05, 0) is 37.0 Å². The molecule has 3 rings (SSSR count). The third kappa shape index (κ3) is 5.22. The van der Waals surface area contributed by atoms with Gasteiger partial charge in [0, 0.05) is 19.7 Å². The summed E-state index contributed by atoms with van der Waals surface area (Å²) in [6.07, 6.45) is -2.44. The minimum Gasteiger partial charge on any atom is -0.396 e. The third-order valence-electron chi connectivity index (χ3n) is 5.57. The van der Waals surface area contributed by atoms with Crippen LogP contribution in [0, 0.1) is 0 Å². The number of carbonyl (C=O) groups is 1. The molecule has 2 aromatic rings. The predicted molar refractivity (Wildman–Crippen MR) is 114 cm³/mol. The van der Waals surface area contributed by atoms with Crippen LogP contribution >= 0.6 is 11.6 Å². The van der Waals surface area contributed by atoms with Crippen molar-refractivity contribution >= 4 is 29.1 Å². The average molecular weight is 473 g/mol. The molecule has 2 heterocycles. The molecule has 174 valence electrons. The standard InChI is InChI=1S/C20H24ClF3N6O2/c21-15-16(25)27-11-28-17(15)30-8-6-19(26,7-9-30)18(32)29-14(5-10-31)12-1-3-13(4-2-12)20(22,23)24/h1-4,11,14,31H,5-10,26H2,(H,29,32)(H2,25,27,28). The van der Waals surface area contributed by atoms with Crippen molar-refractivity contribution in [3.8, 4) is 0 Å². The zero-order valence-electron chi connectivity index (χ0n) is 17.1. The molecule has 0 bridgehead atoms. The Morgan fingerprint density at radius 3 is 2.44 bits per heavy atom. The van der Waals surface area contributed by atoms with Crippen molar-refractivity contribution in [2.75, 3.05) is 30.3 Å². The van der Waals surface area contributed by atoms with E-state index in [0.29, 0.717) is 24.5 Å². The molecule has 1 aliphatic rings. The summed E-state index contributed by atoms with van der Waals surface area (Å²) >= 11 is 6.17. The molecule has 1 aromatic heterocycles. The number of nitrogen functional groups attached to an aromatic ring is 1. The molecule has 1 amide bonds. The molecule has 1 atom stereocenters. The molecule has 6 N–H and O–H groups in total. The SMILES string of the molecule is Nc1ncnc(N2CCC(N)(C(=O)NC(CCO)c3ccc(C(F)(F)F)cc3)CC2)c1Cl. The minimum absolute atomic E-state index is 0.134. The molecule has 1 saturated heterocycles. The Bertz CT molecular complexity index is 949. The molecule has 1 aromatic carbocycles. The normalized spacial score (nSPS) is 17.1. The number of aliphatic hydroxyl groups is 1. The molecular formula is C20H24ClF3N6O2. The molecule has 1 aliphatic heterocycles. The van der Waals surface area contributed by atoms with E-state index in [0.717, 1.165) is 12.1 Å². The van der Waals surface area contributed by atoms with Crippen LogP contribution in [0.15, 0.2) is 30.6 Å². The first-order chi connectivity index (χ1) is 15.0. The van der Waals surface area contributed by atoms with Gasteiger partial charge in [0.05, 0.1) is 17.1 Å². The lowest BCUT2D eigenvalue weighted by Crippen LogP contribution is -2.60. The predicted octanol–water partition coefficient (Wildman–Crippen LogP) is 2.27. The Hall–Kier alpha value is -2.63. The van der Waals surface area contributed by atoms with Gasteiger partial charge in [-0.3, -0.25) is 4.79 Å². The van der Waals surface area contributed by atoms with E-state index >= 15 is 0 Å². The second kappa shape index (κ2) is 9.47. The van der Waals surface area contributed by atoms with Gasteiger partial charge < -0.3 is 26.8 Å². The molecule has 8 nitrogen and oxygen atoms in total. The van der Waals surface area contributed by atoms with E-state index in [-0.39, 0.29) is 36.7 Å². The number of halogens is 4. The summed E-state index contributed by atoms with van der Waals surface area (Å²) < 4.78 is 38.5. The molecule has 0 saturated carbocycles. The number of piperidine rings is 1. The Morgan fingerprint density at radius 2 is 1.88 bits per heavy atom. The number of nitrogens with one attached hydrogen (secondary N) is 1. The highest BCUT2D eigenvalue weighted by Gasteiger charge is 2.39. The number of alkyl halides is 3. The van der Waals surface area contributed by atoms with E-state index in [4.69, 9.17) is 23.1 Å². The van der Waals surface area contributed by atoms with Crippen LogP contribution in [0.1, 0.15) is 36.4 Å². The van der Waals surface area contributed by atoms with Crippen LogP contribution in [0.2, 0.25) is 5.02 Å². The van der Waals surface area contributed by atoms with E-state index in [1.54, 1.807) is 0 Å². The van der Waals surface area contributed by atoms with E-state index in [9.17, 15) is 23.1 Å². The zero-order valence-corrected chi connectivity index (χ0v) is 17.8. The number of aliphatic hydroxyl groups excluding tert-OH is 1. The van der Waals surface area contributed by atoms with Crippen LogP contribution < -0.4 is 21.7 Å². The molecule has 0 aliphatic carbocycles. The number of hydrogen-bond donors (Lipinski definition) is 4. The number of carbonyl (C=O) groups excluding carboxylic acids is 1. The van der Waals surface area contributed by atoms with Crippen LogP contribution in [0.25, 0.3) is 0 Å². The fraction of sp³-hybridized carbons (Fsp3) is 0.450. The summed E-state index contributed by atoms with van der Waals surface area (Å²) in [7, 11) is 0. The number of benzene rings is 1. The summed E-state index contributed by atoms with van der Waals surface area (Å²) in [5, 5.41) is 12.4. The maximum Gasteiger partial charge on any atom is 0.416 e. The second-order valence-electron chi connectivity index (χ2n) is 7.70. The van der Waals surface area contributed by atoms with Crippen molar-refractivity contribution in [1.82, 2.24) is 15.3 Å². The molecule has 1 unspecified atom stereocenters. The Morgan fingerprint density at radius 1 is 1.25 bits per heavy atom. The fourth-order valence-electron chi connectivity index (χ4n) is 3.60. The van der Waals surface area contributed by atoms with Crippen molar-refractivity contribution in [3.63, 3.8) is 0 Å². The van der Waals surface area contributed by atoms with Gasteiger partial charge in [0.25, 0.3) is 0 Å². The maximum absolute atomic E-state index is 13.0. The van der Waals surface area contributed by atoms with Crippen molar-refractivity contribution in [2.45, 2.75) is 37.0 Å². The van der Waals surface area contributed by atoms with Crippen LogP contribution in [-0.2, 0) is 11.0 Å². The van der Waals surface area contributed by atoms with Gasteiger partial charge in [-0.25, -0.2) is 9.97 Å². The molecule has 0 spiro atoms. The number of aromatic nitrogens is 2. The molecule has 0 radical (unpaired) electrons. The van der Waals surface area contributed by atoms with Gasteiger partial charge in [-0.1, -0.05) is 23.7 Å². The summed E-state index contributed by atoms with van der Waals surface area (Å²) in [5.41, 5.74) is 10.6. The van der Waals surface area contributed by atoms with E-state index < -0.39 is 29.2 Å². The Balaban J connectivity index is 1.68. The first-order valence-electron chi connectivity index (χ1n) is 9.94. The first-order valence-corrected chi connectivity index (χ1v) is 10.3. The molecule has 1 fully saturated rings. The van der Waals surface area contributed by atoms with E-state index in [2.05, 4.69) is 15.3 Å². The highest BCUT2D eigenvalue weighted by Crippen LogP contribution is 2.32. The monoisotopic (exact) mass is 472 g/mol. The van der Waals surface area contributed by atoms with Gasteiger partial charge in [-0.15, -0.1) is 0 Å². The van der Waals surface area contributed by atoms with Gasteiger partial charge >= 0.3 is 6.18 Å². The van der Waals surface area contributed by atoms with Crippen LogP contribution in [0.4, 0.5) is 24.8 Å². The lowest BCUT2D eigenvalue weighted by molar-refractivity contribution is -0.137. The average Bonchev–Trinajstić information content (AvgIpc) is 2.75. The van der Waals surface area contributed by atoms with Crippen LogP contribution in [-0.4, -0.2) is 46.2 Å². The smallest absolute Gasteiger partial charge is 0.396 e. The Labute approximate surface area is 187 Å². The maximum atomic E-state index is 13.0. The topological polar surface area (TPSA) is 130 Å². The minimum atomic E-state index is -4.46. The van der Waals surface area contributed by atoms with Gasteiger partial charge in [0.2, 0.25) is 5.91 Å². The van der Waals surface area contributed by atoms with E-state index in [1.807, 2.05) is 4.90 Å². The number of hydrogen-bond acceptors (Lipinski definition) is 7. The third-order valence-corrected chi connectivity index (χ3v) is 5.93. The first kappa shape index (κ1) is 24.0. The highest BCUT2D eigenvalue weighted by molar-refractivity contribution is 6.35. The molecule has 12 heteroatoms. The number of amides is 1. The van der Waals surface area contributed by atoms with Crippen LogP contribution in [0.3, 0.4) is 0 Å². The second-order valence-corrected chi connectivity index (χ2v) is 8.08. The fourth-order valence-corrected chi connectivity index (χ4v) is 3.81. The molecule has 32 heavy (non-hydrogen) atoms. The summed E-state index contributed by atoms with van der Waals surface area (Å²) in [4.78, 5) is 22.8. The number of nitrogens with zero attached hydrogens (tertiary/aromatic N) is 3.